The second-order valence-electron chi connectivity index (χ2n) is 4.25. The Balaban J connectivity index is 2.30. The van der Waals surface area contributed by atoms with Crippen molar-refractivity contribution in [1.29, 1.82) is 0 Å². The Morgan fingerprint density at radius 1 is 0.905 bits per heavy atom. The molecule has 7 heteroatoms. The van der Waals surface area contributed by atoms with Gasteiger partial charge in [-0.25, -0.2) is 18.7 Å². The maximum atomic E-state index is 13.8. The Labute approximate surface area is 133 Å². The van der Waals surface area contributed by atoms with E-state index in [1.165, 1.54) is 6.07 Å². The van der Waals surface area contributed by atoms with Gasteiger partial charge in [-0.1, -0.05) is 34.8 Å². The molecule has 0 amide bonds. The monoisotopic (exact) mass is 344 g/mol. The molecule has 0 aliphatic carbocycles. The summed E-state index contributed by atoms with van der Waals surface area (Å²) in [5.41, 5.74) is 0.381. The molecule has 0 radical (unpaired) electrons. The molecule has 2 nitrogen and oxygen atoms in total. The lowest BCUT2D eigenvalue weighted by Crippen LogP contribution is -1.95. The number of fused-ring (bicyclic) bond motifs is 1. The van der Waals surface area contributed by atoms with Crippen molar-refractivity contribution < 1.29 is 8.78 Å². The summed E-state index contributed by atoms with van der Waals surface area (Å²) in [5, 5.41) is 0.798. The minimum absolute atomic E-state index is 0.0561. The number of halogens is 5. The normalized spacial score (nSPS) is 11.1. The van der Waals surface area contributed by atoms with Crippen LogP contribution in [-0.2, 0) is 0 Å². The number of benzene rings is 2. The third kappa shape index (κ3) is 2.67. The molecule has 21 heavy (non-hydrogen) atoms. The first kappa shape index (κ1) is 14.4. The van der Waals surface area contributed by atoms with Crippen molar-refractivity contribution in [1.82, 2.24) is 9.97 Å². The summed E-state index contributed by atoms with van der Waals surface area (Å²) >= 11 is 17.9. The lowest BCUT2D eigenvalue weighted by atomic mass is 10.2. The van der Waals surface area contributed by atoms with Gasteiger partial charge in [0.05, 0.1) is 5.02 Å². The average Bonchev–Trinajstić information content (AvgIpc) is 2.40. The van der Waals surface area contributed by atoms with Crippen LogP contribution in [0.15, 0.2) is 30.3 Å². The fraction of sp³-hybridized carbons (Fsp3) is 0. The molecule has 0 saturated carbocycles. The molecule has 0 aliphatic rings. The third-order valence-electron chi connectivity index (χ3n) is 2.84. The smallest absolute Gasteiger partial charge is 0.163 e. The molecule has 3 aromatic rings. The molecule has 0 spiro atoms. The number of rotatable bonds is 1. The predicted octanol–water partition coefficient (Wildman–Crippen LogP) is 5.54. The zero-order valence-corrected chi connectivity index (χ0v) is 12.4. The van der Waals surface area contributed by atoms with Gasteiger partial charge < -0.3 is 0 Å². The van der Waals surface area contributed by atoms with Crippen LogP contribution in [-0.4, -0.2) is 9.97 Å². The Morgan fingerprint density at radius 2 is 1.67 bits per heavy atom. The molecule has 0 bridgehead atoms. The van der Waals surface area contributed by atoms with E-state index in [1.807, 2.05) is 0 Å². The molecule has 1 aromatic heterocycles. The molecular weight excluding hydrogens is 341 g/mol. The van der Waals surface area contributed by atoms with Crippen molar-refractivity contribution in [3.8, 4) is 11.4 Å². The van der Waals surface area contributed by atoms with Crippen molar-refractivity contribution in [2.75, 3.05) is 0 Å². The summed E-state index contributed by atoms with van der Waals surface area (Å²) in [6, 6.07) is 6.53. The molecule has 1 heterocycles. The van der Waals surface area contributed by atoms with E-state index in [9.17, 15) is 8.78 Å². The van der Waals surface area contributed by atoms with Crippen LogP contribution in [0.1, 0.15) is 0 Å². The van der Waals surface area contributed by atoms with Gasteiger partial charge in [-0.2, -0.15) is 0 Å². The fourth-order valence-corrected chi connectivity index (χ4v) is 2.63. The molecule has 0 unspecified atom stereocenters. The Kier molecular flexibility index (Phi) is 3.69. The maximum Gasteiger partial charge on any atom is 0.163 e. The highest BCUT2D eigenvalue weighted by molar-refractivity contribution is 6.36. The van der Waals surface area contributed by atoms with E-state index in [2.05, 4.69) is 9.97 Å². The van der Waals surface area contributed by atoms with Gasteiger partial charge in [0.2, 0.25) is 0 Å². The van der Waals surface area contributed by atoms with E-state index in [-0.39, 0.29) is 21.9 Å². The fourth-order valence-electron chi connectivity index (χ4n) is 1.91. The Bertz CT molecular complexity index is 868. The second kappa shape index (κ2) is 5.37. The molecule has 0 aliphatic heterocycles. The number of aromatic nitrogens is 2. The van der Waals surface area contributed by atoms with Crippen molar-refractivity contribution in [3.63, 3.8) is 0 Å². The first-order valence-corrected chi connectivity index (χ1v) is 6.87. The standard InChI is InChI=1S/C14H5Cl3F2N2/c15-6-1-2-8(10(16)3-6)14-20-12-9(13(17)21-14)4-7(18)5-11(12)19/h1-5H. The maximum absolute atomic E-state index is 13.8. The van der Waals surface area contributed by atoms with Crippen LogP contribution in [0.3, 0.4) is 0 Å². The van der Waals surface area contributed by atoms with Crippen LogP contribution >= 0.6 is 34.8 Å². The largest absolute Gasteiger partial charge is 0.225 e. The quantitative estimate of drug-likeness (QED) is 0.542. The van der Waals surface area contributed by atoms with Crippen molar-refractivity contribution in [2.45, 2.75) is 0 Å². The number of hydrogen-bond acceptors (Lipinski definition) is 2. The minimum atomic E-state index is -0.819. The highest BCUT2D eigenvalue weighted by atomic mass is 35.5. The van der Waals surface area contributed by atoms with E-state index in [1.54, 1.807) is 12.1 Å². The first-order chi connectivity index (χ1) is 9.95. The van der Waals surface area contributed by atoms with Crippen LogP contribution in [0, 0.1) is 11.6 Å². The van der Waals surface area contributed by atoms with E-state index in [4.69, 9.17) is 34.8 Å². The van der Waals surface area contributed by atoms with E-state index in [0.29, 0.717) is 15.6 Å². The van der Waals surface area contributed by atoms with Gasteiger partial charge in [-0.05, 0) is 24.3 Å². The summed E-state index contributed by atoms with van der Waals surface area (Å²) in [4.78, 5) is 8.11. The van der Waals surface area contributed by atoms with Gasteiger partial charge in [0.15, 0.2) is 11.6 Å². The summed E-state index contributed by atoms with van der Waals surface area (Å²) in [5.74, 6) is -1.43. The molecule has 0 saturated heterocycles. The first-order valence-electron chi connectivity index (χ1n) is 5.73. The molecule has 106 valence electrons. The summed E-state index contributed by atoms with van der Waals surface area (Å²) in [6.07, 6.45) is 0. The topological polar surface area (TPSA) is 25.8 Å². The average molecular weight is 346 g/mol. The molecule has 2 aromatic carbocycles. The Morgan fingerprint density at radius 3 is 2.38 bits per heavy atom. The van der Waals surface area contributed by atoms with Crippen LogP contribution in [0.5, 0.6) is 0 Å². The molecule has 0 fully saturated rings. The van der Waals surface area contributed by atoms with Crippen LogP contribution in [0.25, 0.3) is 22.3 Å². The van der Waals surface area contributed by atoms with Gasteiger partial charge in [0.25, 0.3) is 0 Å². The zero-order chi connectivity index (χ0) is 15.1. The number of nitrogens with zero attached hydrogens (tertiary/aromatic N) is 2. The van der Waals surface area contributed by atoms with Gasteiger partial charge in [0, 0.05) is 22.0 Å². The third-order valence-corrected chi connectivity index (χ3v) is 3.68. The molecule has 3 rings (SSSR count). The van der Waals surface area contributed by atoms with Crippen molar-refractivity contribution >= 4 is 45.7 Å². The van der Waals surface area contributed by atoms with Gasteiger partial charge in [-0.3, -0.25) is 0 Å². The minimum Gasteiger partial charge on any atom is -0.225 e. The van der Waals surface area contributed by atoms with Gasteiger partial charge in [-0.15, -0.1) is 0 Å². The lowest BCUT2D eigenvalue weighted by molar-refractivity contribution is 0.590. The van der Waals surface area contributed by atoms with Crippen molar-refractivity contribution in [3.05, 3.63) is 57.2 Å². The van der Waals surface area contributed by atoms with Crippen LogP contribution in [0.2, 0.25) is 15.2 Å². The molecular formula is C14H5Cl3F2N2. The summed E-state index contributed by atoms with van der Waals surface area (Å²) in [6.45, 7) is 0. The van der Waals surface area contributed by atoms with E-state index < -0.39 is 11.6 Å². The van der Waals surface area contributed by atoms with E-state index >= 15 is 0 Å². The highest BCUT2D eigenvalue weighted by Crippen LogP contribution is 2.32. The predicted molar refractivity (Wildman–Crippen MR) is 79.9 cm³/mol. The Hall–Kier alpha value is -1.49. The summed E-state index contributed by atoms with van der Waals surface area (Å²) < 4.78 is 27.1. The number of hydrogen-bond donors (Lipinski definition) is 0. The van der Waals surface area contributed by atoms with Crippen molar-refractivity contribution in [2.24, 2.45) is 0 Å². The van der Waals surface area contributed by atoms with E-state index in [0.717, 1.165) is 12.1 Å². The second-order valence-corrected chi connectivity index (χ2v) is 5.45. The van der Waals surface area contributed by atoms with Crippen LogP contribution < -0.4 is 0 Å². The summed E-state index contributed by atoms with van der Waals surface area (Å²) in [7, 11) is 0. The zero-order valence-electron chi connectivity index (χ0n) is 10.2. The highest BCUT2D eigenvalue weighted by Gasteiger charge is 2.15. The SMILES string of the molecule is Fc1cc(F)c2nc(-c3ccc(Cl)cc3Cl)nc(Cl)c2c1. The van der Waals surface area contributed by atoms with Gasteiger partial charge in [0.1, 0.15) is 16.5 Å². The van der Waals surface area contributed by atoms with Gasteiger partial charge >= 0.3 is 0 Å². The molecule has 0 atom stereocenters. The molecule has 0 N–H and O–H groups in total. The van der Waals surface area contributed by atoms with Crippen LogP contribution in [0.4, 0.5) is 8.78 Å². The lowest BCUT2D eigenvalue weighted by Gasteiger charge is -2.07.